The minimum atomic E-state index is -3.69. The smallest absolute Gasteiger partial charge is 0.339 e. The molecule has 1 atom stereocenters. The van der Waals surface area contributed by atoms with Gasteiger partial charge in [-0.15, -0.1) is 11.8 Å². The molecular weight excluding hydrogens is 307 g/mol. The number of carbonyl (C=O) groups excluding carboxylic acids is 1. The van der Waals surface area contributed by atoms with Crippen molar-refractivity contribution in [3.05, 3.63) is 23.5 Å². The highest BCUT2D eigenvalue weighted by molar-refractivity contribution is 7.99. The van der Waals surface area contributed by atoms with E-state index in [9.17, 15) is 22.7 Å². The number of aliphatic hydroxyl groups is 1. The van der Waals surface area contributed by atoms with E-state index in [0.29, 0.717) is 0 Å². The Balaban J connectivity index is 3.38. The molecule has 1 aromatic rings. The van der Waals surface area contributed by atoms with Gasteiger partial charge in [0.2, 0.25) is 0 Å². The lowest BCUT2D eigenvalue weighted by atomic mass is 10.1. The van der Waals surface area contributed by atoms with E-state index in [1.807, 2.05) is 0 Å². The second kappa shape index (κ2) is 6.55. The molecule has 0 bridgehead atoms. The highest BCUT2D eigenvalue weighted by atomic mass is 32.2. The molecule has 0 fully saturated rings. The van der Waals surface area contributed by atoms with Crippen molar-refractivity contribution in [2.24, 2.45) is 0 Å². The zero-order valence-electron chi connectivity index (χ0n) is 11.2. The molecule has 0 radical (unpaired) electrons. The summed E-state index contributed by atoms with van der Waals surface area (Å²) in [7, 11) is -3.69. The van der Waals surface area contributed by atoms with Crippen molar-refractivity contribution in [3.8, 4) is 0 Å². The van der Waals surface area contributed by atoms with Gasteiger partial charge in [0.05, 0.1) is 16.4 Å². The van der Waals surface area contributed by atoms with E-state index in [4.69, 9.17) is 0 Å². The molecule has 0 aliphatic carbocycles. The molecule has 1 N–H and O–H groups in total. The van der Waals surface area contributed by atoms with Crippen molar-refractivity contribution in [3.63, 3.8) is 0 Å². The minimum Gasteiger partial charge on any atom is -0.464 e. The number of hydrogen-bond donors (Lipinski definition) is 1. The lowest BCUT2D eigenvalue weighted by Crippen LogP contribution is -2.16. The van der Waals surface area contributed by atoms with Gasteiger partial charge in [-0.1, -0.05) is 0 Å². The van der Waals surface area contributed by atoms with Gasteiger partial charge in [0.1, 0.15) is 5.82 Å². The molecule has 112 valence electrons. The number of esters is 1. The van der Waals surface area contributed by atoms with E-state index in [0.717, 1.165) is 30.2 Å². The van der Waals surface area contributed by atoms with Crippen molar-refractivity contribution in [2.75, 3.05) is 19.1 Å². The lowest BCUT2D eigenvalue weighted by molar-refractivity contribution is -0.153. The summed E-state index contributed by atoms with van der Waals surface area (Å²) in [6, 6.07) is 2.02. The van der Waals surface area contributed by atoms with Crippen LogP contribution in [0.4, 0.5) is 4.39 Å². The Labute approximate surface area is 121 Å². The number of halogens is 1. The molecule has 0 heterocycles. The van der Waals surface area contributed by atoms with Gasteiger partial charge in [0.15, 0.2) is 15.9 Å². The first-order valence-corrected chi connectivity index (χ1v) is 8.76. The van der Waals surface area contributed by atoms with E-state index in [2.05, 4.69) is 4.74 Å². The van der Waals surface area contributed by atoms with Gasteiger partial charge < -0.3 is 9.84 Å². The third-order valence-corrected chi connectivity index (χ3v) is 4.53. The van der Waals surface area contributed by atoms with Crippen LogP contribution < -0.4 is 0 Å². The van der Waals surface area contributed by atoms with Crippen LogP contribution in [-0.4, -0.2) is 38.6 Å². The Bertz CT molecular complexity index is 613. The standard InChI is InChI=1S/C12H15FO5S2/c1-4-18-12(15)10(14)7-5-8(13)11(19-2)9(6-7)20(3,16)17/h5-6,10,14H,4H2,1-3H3. The molecule has 0 aromatic heterocycles. The Kier molecular flexibility index (Phi) is 5.55. The summed E-state index contributed by atoms with van der Waals surface area (Å²) in [6.45, 7) is 1.62. The number of thioether (sulfide) groups is 1. The lowest BCUT2D eigenvalue weighted by Gasteiger charge is -2.14. The first-order valence-electron chi connectivity index (χ1n) is 5.64. The van der Waals surface area contributed by atoms with Gasteiger partial charge in [0.25, 0.3) is 0 Å². The molecule has 0 saturated heterocycles. The molecule has 0 aliphatic rings. The molecular formula is C12H15FO5S2. The summed E-state index contributed by atoms with van der Waals surface area (Å²) in [4.78, 5) is 11.1. The van der Waals surface area contributed by atoms with Gasteiger partial charge in [-0.3, -0.25) is 0 Å². The zero-order valence-corrected chi connectivity index (χ0v) is 12.8. The van der Waals surface area contributed by atoms with E-state index < -0.39 is 27.7 Å². The molecule has 20 heavy (non-hydrogen) atoms. The fraction of sp³-hybridized carbons (Fsp3) is 0.417. The van der Waals surface area contributed by atoms with Crippen LogP contribution in [0, 0.1) is 5.82 Å². The quantitative estimate of drug-likeness (QED) is 0.654. The number of hydrogen-bond acceptors (Lipinski definition) is 6. The van der Waals surface area contributed by atoms with Crippen LogP contribution in [0.25, 0.3) is 0 Å². The Morgan fingerprint density at radius 1 is 1.50 bits per heavy atom. The van der Waals surface area contributed by atoms with E-state index in [1.54, 1.807) is 6.92 Å². The average Bonchev–Trinajstić information content (AvgIpc) is 2.36. The first kappa shape index (κ1) is 16.9. The molecule has 0 saturated carbocycles. The molecule has 1 rings (SSSR count). The van der Waals surface area contributed by atoms with Crippen LogP contribution in [0.2, 0.25) is 0 Å². The van der Waals surface area contributed by atoms with Crippen LogP contribution in [0.5, 0.6) is 0 Å². The second-order valence-corrected chi connectivity index (χ2v) is 6.76. The third kappa shape index (κ3) is 3.71. The maximum Gasteiger partial charge on any atom is 0.339 e. The Morgan fingerprint density at radius 3 is 2.55 bits per heavy atom. The summed E-state index contributed by atoms with van der Waals surface area (Å²) in [6.07, 6.45) is 0.747. The van der Waals surface area contributed by atoms with Crippen molar-refractivity contribution < 1.29 is 27.4 Å². The number of rotatable bonds is 5. The minimum absolute atomic E-state index is 0.0488. The molecule has 8 heteroatoms. The fourth-order valence-corrected chi connectivity index (χ4v) is 3.58. The summed E-state index contributed by atoms with van der Waals surface area (Å²) in [5.74, 6) is -1.76. The first-order chi connectivity index (χ1) is 9.22. The van der Waals surface area contributed by atoms with E-state index in [1.165, 1.54) is 6.26 Å². The molecule has 5 nitrogen and oxygen atoms in total. The number of carbonyl (C=O) groups is 1. The van der Waals surface area contributed by atoms with Crippen LogP contribution in [-0.2, 0) is 19.4 Å². The second-order valence-electron chi connectivity index (χ2n) is 3.96. The third-order valence-electron chi connectivity index (χ3n) is 2.46. The predicted octanol–water partition coefficient (Wildman–Crippen LogP) is 1.55. The Morgan fingerprint density at radius 2 is 2.10 bits per heavy atom. The van der Waals surface area contributed by atoms with Crippen LogP contribution in [0.1, 0.15) is 18.6 Å². The van der Waals surface area contributed by atoms with Gasteiger partial charge in [-0.2, -0.15) is 0 Å². The van der Waals surface area contributed by atoms with Crippen molar-refractivity contribution in [2.45, 2.75) is 22.8 Å². The fourth-order valence-electron chi connectivity index (χ4n) is 1.58. The molecule has 0 aliphatic heterocycles. The zero-order chi connectivity index (χ0) is 15.5. The Hall–Kier alpha value is -1.12. The maximum absolute atomic E-state index is 13.9. The van der Waals surface area contributed by atoms with Crippen LogP contribution in [0.15, 0.2) is 21.9 Å². The largest absolute Gasteiger partial charge is 0.464 e. The summed E-state index contributed by atoms with van der Waals surface area (Å²) >= 11 is 0.936. The summed E-state index contributed by atoms with van der Waals surface area (Å²) in [5.41, 5.74) is -0.154. The van der Waals surface area contributed by atoms with Crippen LogP contribution in [0.3, 0.4) is 0 Å². The monoisotopic (exact) mass is 322 g/mol. The van der Waals surface area contributed by atoms with Crippen molar-refractivity contribution >= 4 is 27.6 Å². The topological polar surface area (TPSA) is 80.7 Å². The summed E-state index contributed by atoms with van der Waals surface area (Å²) in [5, 5.41) is 9.76. The van der Waals surface area contributed by atoms with Crippen molar-refractivity contribution in [1.82, 2.24) is 0 Å². The normalized spacial score (nSPS) is 13.1. The van der Waals surface area contributed by atoms with E-state index >= 15 is 0 Å². The van der Waals surface area contributed by atoms with Gasteiger partial charge in [-0.25, -0.2) is 17.6 Å². The highest BCUT2D eigenvalue weighted by Crippen LogP contribution is 2.31. The van der Waals surface area contributed by atoms with Gasteiger partial charge in [0, 0.05) is 6.26 Å². The number of ether oxygens (including phenoxy) is 1. The SMILES string of the molecule is CCOC(=O)C(O)c1cc(F)c(SC)c(S(C)(=O)=O)c1. The summed E-state index contributed by atoms with van der Waals surface area (Å²) < 4.78 is 41.8. The molecule has 0 amide bonds. The maximum atomic E-state index is 13.9. The van der Waals surface area contributed by atoms with Crippen LogP contribution >= 0.6 is 11.8 Å². The predicted molar refractivity (Wildman–Crippen MR) is 72.9 cm³/mol. The van der Waals surface area contributed by atoms with Gasteiger partial charge in [-0.05, 0) is 30.9 Å². The number of sulfone groups is 1. The molecule has 1 unspecified atom stereocenters. The average molecular weight is 322 g/mol. The van der Waals surface area contributed by atoms with Crippen molar-refractivity contribution in [1.29, 1.82) is 0 Å². The molecule has 0 spiro atoms. The number of aliphatic hydroxyl groups excluding tert-OH is 1. The number of benzene rings is 1. The molecule has 1 aromatic carbocycles. The highest BCUT2D eigenvalue weighted by Gasteiger charge is 2.24. The van der Waals surface area contributed by atoms with Gasteiger partial charge >= 0.3 is 5.97 Å². The van der Waals surface area contributed by atoms with E-state index in [-0.39, 0.29) is 22.0 Å².